The molecule has 2 aromatic carbocycles. The second-order valence-corrected chi connectivity index (χ2v) is 8.63. The van der Waals surface area contributed by atoms with Gasteiger partial charge in [-0.1, -0.05) is 70.7 Å². The number of aliphatic hydroxyl groups excluding tert-OH is 1. The fourth-order valence-electron chi connectivity index (χ4n) is 3.25. The molecule has 1 atom stereocenters. The third kappa shape index (κ3) is 4.85. The number of aliphatic hydroxyl groups is 1. The summed E-state index contributed by atoms with van der Waals surface area (Å²) in [4.78, 5) is 16.0. The van der Waals surface area contributed by atoms with Crippen LogP contribution in [0.1, 0.15) is 28.4 Å². The van der Waals surface area contributed by atoms with E-state index >= 15 is 0 Å². The van der Waals surface area contributed by atoms with Gasteiger partial charge in [0, 0.05) is 34.4 Å². The van der Waals surface area contributed by atoms with Crippen LogP contribution in [0.4, 0.5) is 10.5 Å². The van der Waals surface area contributed by atoms with Gasteiger partial charge in [0.05, 0.1) is 17.3 Å². The number of carbonyl (C=O) groups is 1. The summed E-state index contributed by atoms with van der Waals surface area (Å²) in [5.74, 6) is 0. The van der Waals surface area contributed by atoms with Crippen molar-refractivity contribution >= 4 is 64.3 Å². The van der Waals surface area contributed by atoms with Crippen LogP contribution in [0, 0.1) is 0 Å². The first-order valence-corrected chi connectivity index (χ1v) is 11.0. The Morgan fingerprint density at radius 1 is 1.00 bits per heavy atom. The number of pyridine rings is 1. The van der Waals surface area contributed by atoms with Crippen molar-refractivity contribution in [1.82, 2.24) is 10.3 Å². The lowest BCUT2D eigenvalue weighted by atomic mass is 9.99. The zero-order chi connectivity index (χ0) is 22.8. The first-order chi connectivity index (χ1) is 15.3. The number of hydrazone groups is 1. The third-order valence-corrected chi connectivity index (χ3v) is 6.27. The normalized spacial score (nSPS) is 14.4. The fraction of sp³-hybridized carbons (Fsp3) is 0.136. The van der Waals surface area contributed by atoms with Gasteiger partial charge in [-0.2, -0.15) is 10.1 Å². The Labute approximate surface area is 204 Å². The molecule has 2 amide bonds. The van der Waals surface area contributed by atoms with Crippen LogP contribution in [-0.2, 0) is 6.42 Å². The number of nitrogens with one attached hydrogen (secondary N) is 1. The van der Waals surface area contributed by atoms with Gasteiger partial charge in [-0.15, -0.1) is 0 Å². The van der Waals surface area contributed by atoms with Gasteiger partial charge in [-0.25, -0.2) is 9.78 Å². The molecule has 0 saturated heterocycles. The summed E-state index contributed by atoms with van der Waals surface area (Å²) < 4.78 is 0. The average Bonchev–Trinajstić information content (AvgIpc) is 2.78. The van der Waals surface area contributed by atoms with E-state index in [4.69, 9.17) is 46.4 Å². The lowest BCUT2D eigenvalue weighted by Crippen LogP contribution is -2.41. The van der Waals surface area contributed by atoms with Crippen molar-refractivity contribution in [2.45, 2.75) is 12.5 Å². The molecule has 0 saturated carbocycles. The lowest BCUT2D eigenvalue weighted by Gasteiger charge is -2.22. The maximum atomic E-state index is 12.0. The number of aromatic nitrogens is 1. The molecule has 32 heavy (non-hydrogen) atoms. The molecule has 4 rings (SSSR count). The molecule has 0 bridgehead atoms. The molecule has 2 N–H and O–H groups in total. The van der Waals surface area contributed by atoms with Crippen molar-refractivity contribution in [2.75, 3.05) is 11.6 Å². The van der Waals surface area contributed by atoms with Crippen molar-refractivity contribution in [2.24, 2.45) is 5.10 Å². The molecule has 6 nitrogen and oxygen atoms in total. The molecule has 164 valence electrons. The third-order valence-electron chi connectivity index (χ3n) is 4.91. The Hall–Kier alpha value is -2.35. The second kappa shape index (κ2) is 9.65. The predicted octanol–water partition coefficient (Wildman–Crippen LogP) is 5.88. The molecule has 1 aromatic heterocycles. The van der Waals surface area contributed by atoms with E-state index < -0.39 is 6.10 Å². The molecule has 1 unspecified atom stereocenters. The van der Waals surface area contributed by atoms with Crippen molar-refractivity contribution in [3.63, 3.8) is 0 Å². The summed E-state index contributed by atoms with van der Waals surface area (Å²) in [5.41, 5.74) is 3.36. The van der Waals surface area contributed by atoms with E-state index in [9.17, 15) is 9.90 Å². The van der Waals surface area contributed by atoms with Gasteiger partial charge in [-0.05, 0) is 34.9 Å². The summed E-state index contributed by atoms with van der Waals surface area (Å²) in [6.45, 7) is 0.376. The summed E-state index contributed by atoms with van der Waals surface area (Å²) >= 11 is 24.8. The number of hydrogen-bond donors (Lipinski definition) is 2. The van der Waals surface area contributed by atoms with E-state index in [-0.39, 0.29) is 16.2 Å². The molecule has 0 fully saturated rings. The number of rotatable bonds is 5. The van der Waals surface area contributed by atoms with Crippen LogP contribution in [0.25, 0.3) is 0 Å². The SMILES string of the molecule is O=C1NCC=NN1c1cc(Cl)c(Cc2ccc(C(O)c3cnc(Cl)c(Cl)c3)cc2)c(Cl)c1. The molecular weight excluding hydrogens is 494 g/mol. The minimum Gasteiger partial charge on any atom is -0.384 e. The van der Waals surface area contributed by atoms with E-state index in [0.29, 0.717) is 39.8 Å². The van der Waals surface area contributed by atoms with Gasteiger partial charge >= 0.3 is 6.03 Å². The molecule has 10 heteroatoms. The van der Waals surface area contributed by atoms with E-state index in [1.807, 2.05) is 24.3 Å². The summed E-state index contributed by atoms with van der Waals surface area (Å²) in [7, 11) is 0. The highest BCUT2D eigenvalue weighted by atomic mass is 35.5. The molecule has 3 aromatic rings. The first kappa shape index (κ1) is 22.8. The summed E-state index contributed by atoms with van der Waals surface area (Å²) in [6, 6.07) is 11.9. The highest BCUT2D eigenvalue weighted by Crippen LogP contribution is 2.34. The van der Waals surface area contributed by atoms with Crippen molar-refractivity contribution in [3.05, 3.63) is 91.1 Å². The first-order valence-electron chi connectivity index (χ1n) is 9.49. The highest BCUT2D eigenvalue weighted by molar-refractivity contribution is 6.41. The van der Waals surface area contributed by atoms with E-state index in [1.165, 1.54) is 11.2 Å². The monoisotopic (exact) mass is 508 g/mol. The standard InChI is InChI=1S/C22H16Cl4N4O2/c23-17-9-15(30-22(32)27-5-6-29-30)10-18(24)16(17)7-12-1-3-13(4-2-12)20(31)14-8-19(25)21(26)28-11-14/h1-4,6,8-11,20,31H,5,7H2,(H,27,32). The molecule has 0 radical (unpaired) electrons. The maximum absolute atomic E-state index is 12.0. The topological polar surface area (TPSA) is 77.8 Å². The van der Waals surface area contributed by atoms with Crippen LogP contribution in [0.15, 0.2) is 53.8 Å². The Kier molecular flexibility index (Phi) is 6.88. The zero-order valence-corrected chi connectivity index (χ0v) is 19.4. The molecule has 1 aliphatic rings. The van der Waals surface area contributed by atoms with Crippen LogP contribution in [-0.4, -0.2) is 28.9 Å². The van der Waals surface area contributed by atoms with Crippen LogP contribution in [0.3, 0.4) is 0 Å². The van der Waals surface area contributed by atoms with Crippen LogP contribution < -0.4 is 10.3 Å². The second-order valence-electron chi connectivity index (χ2n) is 7.05. The van der Waals surface area contributed by atoms with Gasteiger partial charge in [0.15, 0.2) is 0 Å². The van der Waals surface area contributed by atoms with Gasteiger partial charge in [0.2, 0.25) is 0 Å². The number of anilines is 1. The van der Waals surface area contributed by atoms with Crippen molar-refractivity contribution < 1.29 is 9.90 Å². The number of urea groups is 1. The number of amides is 2. The summed E-state index contributed by atoms with van der Waals surface area (Å²) in [6.07, 6.45) is 2.65. The molecule has 0 spiro atoms. The van der Waals surface area contributed by atoms with Crippen molar-refractivity contribution in [1.29, 1.82) is 0 Å². The number of halogens is 4. The Morgan fingerprint density at radius 3 is 2.31 bits per heavy atom. The summed E-state index contributed by atoms with van der Waals surface area (Å²) in [5, 5.41) is 19.9. The minimum atomic E-state index is -0.894. The van der Waals surface area contributed by atoms with E-state index in [2.05, 4.69) is 15.4 Å². The smallest absolute Gasteiger partial charge is 0.342 e. The largest absolute Gasteiger partial charge is 0.384 e. The lowest BCUT2D eigenvalue weighted by molar-refractivity contribution is 0.220. The molecule has 2 heterocycles. The van der Waals surface area contributed by atoms with Gasteiger partial charge < -0.3 is 10.4 Å². The van der Waals surface area contributed by atoms with E-state index in [0.717, 1.165) is 11.1 Å². The molecule has 1 aliphatic heterocycles. The molecule has 0 aliphatic carbocycles. The maximum Gasteiger partial charge on any atom is 0.342 e. The average molecular weight is 510 g/mol. The van der Waals surface area contributed by atoms with Crippen molar-refractivity contribution in [3.8, 4) is 0 Å². The zero-order valence-electron chi connectivity index (χ0n) is 16.4. The molecular formula is C22H16Cl4N4O2. The highest BCUT2D eigenvalue weighted by Gasteiger charge is 2.20. The number of carbonyl (C=O) groups excluding carboxylic acids is 1. The van der Waals surface area contributed by atoms with Crippen LogP contribution in [0.2, 0.25) is 20.2 Å². The number of benzene rings is 2. The number of hydrogen-bond acceptors (Lipinski definition) is 4. The minimum absolute atomic E-state index is 0.186. The Balaban J connectivity index is 1.53. The van der Waals surface area contributed by atoms with Gasteiger partial charge in [0.1, 0.15) is 11.3 Å². The fourth-order valence-corrected chi connectivity index (χ4v) is 4.13. The Morgan fingerprint density at radius 2 is 1.69 bits per heavy atom. The van der Waals surface area contributed by atoms with Crippen LogP contribution in [0.5, 0.6) is 0 Å². The van der Waals surface area contributed by atoms with Gasteiger partial charge in [-0.3, -0.25) is 0 Å². The Bertz CT molecular complexity index is 1180. The van der Waals surface area contributed by atoms with Gasteiger partial charge in [0.25, 0.3) is 0 Å². The predicted molar refractivity (Wildman–Crippen MR) is 128 cm³/mol. The van der Waals surface area contributed by atoms with E-state index in [1.54, 1.807) is 24.4 Å². The number of nitrogens with zero attached hydrogens (tertiary/aromatic N) is 3. The quantitative estimate of drug-likeness (QED) is 0.421. The van der Waals surface area contributed by atoms with Crippen LogP contribution >= 0.6 is 46.4 Å².